The minimum atomic E-state index is -3.86. The summed E-state index contributed by atoms with van der Waals surface area (Å²) in [7, 11) is -2.63. The average molecular weight is 340 g/mol. The molecular weight excluding hydrogens is 326 g/mol. The lowest BCUT2D eigenvalue weighted by molar-refractivity contribution is 0.0602. The summed E-state index contributed by atoms with van der Waals surface area (Å²) in [6.07, 6.45) is 0. The van der Waals surface area contributed by atoms with Crippen molar-refractivity contribution in [2.45, 2.75) is 11.8 Å². The molecule has 0 amide bonds. The van der Waals surface area contributed by atoms with E-state index in [9.17, 15) is 13.2 Å². The lowest BCUT2D eigenvalue weighted by atomic mass is 10.2. The molecule has 5 nitrogen and oxygen atoms in total. The Morgan fingerprint density at radius 3 is 2.50 bits per heavy atom. The van der Waals surface area contributed by atoms with Crippen LogP contribution in [0.1, 0.15) is 15.9 Å². The SMILES string of the molecule is COC(=O)c1ccccc1NS(=O)(=O)c1ccc(C)c(Cl)c1. The number of anilines is 1. The first kappa shape index (κ1) is 16.3. The van der Waals surface area contributed by atoms with E-state index in [1.165, 1.54) is 31.4 Å². The Morgan fingerprint density at radius 2 is 1.86 bits per heavy atom. The van der Waals surface area contributed by atoms with Crippen LogP contribution < -0.4 is 4.72 Å². The van der Waals surface area contributed by atoms with Crippen molar-refractivity contribution in [3.8, 4) is 0 Å². The van der Waals surface area contributed by atoms with Crippen molar-refractivity contribution in [2.24, 2.45) is 0 Å². The van der Waals surface area contributed by atoms with Gasteiger partial charge in [-0.05, 0) is 36.8 Å². The van der Waals surface area contributed by atoms with E-state index in [1.54, 1.807) is 25.1 Å². The van der Waals surface area contributed by atoms with E-state index in [0.29, 0.717) is 5.02 Å². The summed E-state index contributed by atoms with van der Waals surface area (Å²) < 4.78 is 31.8. The molecule has 0 atom stereocenters. The standard InChI is InChI=1S/C15H14ClNO4S/c1-10-7-8-11(9-13(10)16)22(19,20)17-14-6-4-3-5-12(14)15(18)21-2/h3-9,17H,1-2H3. The molecule has 2 aromatic carbocycles. The summed E-state index contributed by atoms with van der Waals surface area (Å²) in [5.74, 6) is -0.625. The lowest BCUT2D eigenvalue weighted by Crippen LogP contribution is -2.16. The van der Waals surface area contributed by atoms with Gasteiger partial charge >= 0.3 is 5.97 Å². The largest absolute Gasteiger partial charge is 0.465 e. The third-order valence-electron chi connectivity index (χ3n) is 3.03. The molecule has 0 aliphatic rings. The third kappa shape index (κ3) is 3.40. The van der Waals surface area contributed by atoms with Gasteiger partial charge < -0.3 is 4.74 Å². The van der Waals surface area contributed by atoms with Crippen molar-refractivity contribution in [1.29, 1.82) is 0 Å². The number of methoxy groups -OCH3 is 1. The van der Waals surface area contributed by atoms with E-state index in [0.717, 1.165) is 5.56 Å². The molecule has 1 N–H and O–H groups in total. The molecule has 2 aromatic rings. The number of sulfonamides is 1. The maximum Gasteiger partial charge on any atom is 0.339 e. The third-order valence-corrected chi connectivity index (χ3v) is 4.80. The van der Waals surface area contributed by atoms with E-state index >= 15 is 0 Å². The first-order valence-electron chi connectivity index (χ1n) is 6.31. The molecule has 0 saturated heterocycles. The van der Waals surface area contributed by atoms with Crippen molar-refractivity contribution in [2.75, 3.05) is 11.8 Å². The Labute approximate surface area is 133 Å². The van der Waals surface area contributed by atoms with E-state index in [1.807, 2.05) is 0 Å². The number of carbonyl (C=O) groups excluding carboxylic acids is 1. The molecule has 0 aliphatic carbocycles. The zero-order chi connectivity index (χ0) is 16.3. The first-order chi connectivity index (χ1) is 10.3. The number of esters is 1. The highest BCUT2D eigenvalue weighted by Crippen LogP contribution is 2.24. The maximum absolute atomic E-state index is 12.4. The van der Waals surface area contributed by atoms with Crippen molar-refractivity contribution >= 4 is 33.3 Å². The summed E-state index contributed by atoms with van der Waals surface area (Å²) in [4.78, 5) is 11.7. The van der Waals surface area contributed by atoms with Gasteiger partial charge in [0.2, 0.25) is 0 Å². The van der Waals surface area contributed by atoms with Crippen molar-refractivity contribution < 1.29 is 17.9 Å². The van der Waals surface area contributed by atoms with Crippen molar-refractivity contribution in [3.63, 3.8) is 0 Å². The summed E-state index contributed by atoms with van der Waals surface area (Å²) in [5, 5.41) is 0.351. The monoisotopic (exact) mass is 339 g/mol. The van der Waals surface area contributed by atoms with Gasteiger partial charge in [0.25, 0.3) is 10.0 Å². The van der Waals surface area contributed by atoms with Crippen LogP contribution in [0.5, 0.6) is 0 Å². The molecule has 2 rings (SSSR count). The molecule has 0 saturated carbocycles. The van der Waals surface area contributed by atoms with Gasteiger partial charge in [0.1, 0.15) is 0 Å². The second-order valence-electron chi connectivity index (χ2n) is 4.55. The highest BCUT2D eigenvalue weighted by Gasteiger charge is 2.19. The molecular formula is C15H14ClNO4S. The van der Waals surface area contributed by atoms with Crippen LogP contribution in [0.15, 0.2) is 47.4 Å². The van der Waals surface area contributed by atoms with Crippen LogP contribution in [0, 0.1) is 6.92 Å². The highest BCUT2D eigenvalue weighted by molar-refractivity contribution is 7.92. The zero-order valence-corrected chi connectivity index (χ0v) is 13.5. The smallest absolute Gasteiger partial charge is 0.339 e. The number of nitrogens with one attached hydrogen (secondary N) is 1. The Kier molecular flexibility index (Phi) is 4.73. The predicted octanol–water partition coefficient (Wildman–Crippen LogP) is 3.24. The van der Waals surface area contributed by atoms with Crippen LogP contribution >= 0.6 is 11.6 Å². The number of hydrogen-bond acceptors (Lipinski definition) is 4. The molecule has 0 radical (unpaired) electrons. The number of aryl methyl sites for hydroxylation is 1. The second-order valence-corrected chi connectivity index (χ2v) is 6.64. The van der Waals surface area contributed by atoms with Crippen molar-refractivity contribution in [3.05, 3.63) is 58.6 Å². The first-order valence-corrected chi connectivity index (χ1v) is 8.17. The summed E-state index contributed by atoms with van der Waals surface area (Å²) >= 11 is 5.96. The van der Waals surface area contributed by atoms with Gasteiger partial charge in [0, 0.05) is 5.02 Å². The fourth-order valence-electron chi connectivity index (χ4n) is 1.80. The Bertz CT molecular complexity index is 818. The van der Waals surface area contributed by atoms with Gasteiger partial charge in [0.05, 0.1) is 23.3 Å². The molecule has 0 aliphatic heterocycles. The average Bonchev–Trinajstić information content (AvgIpc) is 2.49. The highest BCUT2D eigenvalue weighted by atomic mass is 35.5. The van der Waals surface area contributed by atoms with Gasteiger partial charge in [0.15, 0.2) is 0 Å². The molecule has 22 heavy (non-hydrogen) atoms. The Balaban J connectivity index is 2.41. The van der Waals surface area contributed by atoms with Crippen LogP contribution in [0.2, 0.25) is 5.02 Å². The fourth-order valence-corrected chi connectivity index (χ4v) is 3.16. The van der Waals surface area contributed by atoms with Gasteiger partial charge in [-0.25, -0.2) is 13.2 Å². The minimum absolute atomic E-state index is 0.0165. The van der Waals surface area contributed by atoms with Gasteiger partial charge in [-0.1, -0.05) is 29.8 Å². The van der Waals surface area contributed by atoms with E-state index in [2.05, 4.69) is 9.46 Å². The number of rotatable bonds is 4. The normalized spacial score (nSPS) is 11.0. The number of para-hydroxylation sites is 1. The maximum atomic E-state index is 12.4. The zero-order valence-electron chi connectivity index (χ0n) is 12.0. The fraction of sp³-hybridized carbons (Fsp3) is 0.133. The number of benzene rings is 2. The van der Waals surface area contributed by atoms with Gasteiger partial charge in [-0.15, -0.1) is 0 Å². The van der Waals surface area contributed by atoms with Crippen LogP contribution in [0.25, 0.3) is 0 Å². The summed E-state index contributed by atoms with van der Waals surface area (Å²) in [6.45, 7) is 1.78. The molecule has 7 heteroatoms. The van der Waals surface area contributed by atoms with Crippen LogP contribution in [0.4, 0.5) is 5.69 Å². The number of carbonyl (C=O) groups is 1. The van der Waals surface area contributed by atoms with Crippen LogP contribution in [-0.2, 0) is 14.8 Å². The molecule has 0 spiro atoms. The number of halogens is 1. The molecule has 0 fully saturated rings. The topological polar surface area (TPSA) is 72.5 Å². The van der Waals surface area contributed by atoms with E-state index < -0.39 is 16.0 Å². The molecule has 0 unspecified atom stereocenters. The second kappa shape index (κ2) is 6.37. The summed E-state index contributed by atoms with van der Waals surface area (Å²) in [6, 6.07) is 10.6. The van der Waals surface area contributed by atoms with Crippen molar-refractivity contribution in [1.82, 2.24) is 0 Å². The predicted molar refractivity (Wildman–Crippen MR) is 84.8 cm³/mol. The minimum Gasteiger partial charge on any atom is -0.465 e. The molecule has 0 bridgehead atoms. The van der Waals surface area contributed by atoms with Gasteiger partial charge in [-0.2, -0.15) is 0 Å². The van der Waals surface area contributed by atoms with Crippen LogP contribution in [-0.4, -0.2) is 21.5 Å². The number of hydrogen-bond donors (Lipinski definition) is 1. The lowest BCUT2D eigenvalue weighted by Gasteiger charge is -2.12. The molecule has 116 valence electrons. The van der Waals surface area contributed by atoms with E-state index in [-0.39, 0.29) is 16.1 Å². The molecule has 0 aromatic heterocycles. The van der Waals surface area contributed by atoms with Crippen LogP contribution in [0.3, 0.4) is 0 Å². The summed E-state index contributed by atoms with van der Waals surface area (Å²) in [5.41, 5.74) is 1.05. The quantitative estimate of drug-likeness (QED) is 0.868. The number of ether oxygens (including phenoxy) is 1. The van der Waals surface area contributed by atoms with E-state index in [4.69, 9.17) is 11.6 Å². The molecule has 0 heterocycles. The van der Waals surface area contributed by atoms with Gasteiger partial charge in [-0.3, -0.25) is 4.72 Å². The Hall–Kier alpha value is -2.05. The Morgan fingerprint density at radius 1 is 1.18 bits per heavy atom.